The van der Waals surface area contributed by atoms with Gasteiger partial charge in [-0.2, -0.15) is 5.10 Å². The molecule has 0 aliphatic heterocycles. The van der Waals surface area contributed by atoms with Crippen molar-refractivity contribution in [2.45, 2.75) is 27.7 Å². The molecule has 3 heterocycles. The fourth-order valence-electron chi connectivity index (χ4n) is 3.47. The number of aromatic nitrogens is 4. The Morgan fingerprint density at radius 1 is 1.11 bits per heavy atom. The quantitative estimate of drug-likeness (QED) is 0.435. The van der Waals surface area contributed by atoms with E-state index in [0.717, 1.165) is 22.4 Å². The zero-order chi connectivity index (χ0) is 25.5. The van der Waals surface area contributed by atoms with Gasteiger partial charge >= 0.3 is 0 Å². The minimum atomic E-state index is -0.334. The van der Waals surface area contributed by atoms with Crippen molar-refractivity contribution in [3.8, 4) is 0 Å². The van der Waals surface area contributed by atoms with Crippen LogP contribution in [0.2, 0.25) is 0 Å². The number of allylic oxidation sites excluding steroid dienone is 1. The van der Waals surface area contributed by atoms with Gasteiger partial charge in [-0.1, -0.05) is 13.5 Å². The van der Waals surface area contributed by atoms with E-state index >= 15 is 0 Å². The largest absolute Gasteiger partial charge is 0.324 e. The molecule has 0 saturated heterocycles. The van der Waals surface area contributed by atoms with Crippen LogP contribution in [0.3, 0.4) is 0 Å². The van der Waals surface area contributed by atoms with Crippen molar-refractivity contribution < 1.29 is 9.59 Å². The van der Waals surface area contributed by atoms with E-state index in [1.165, 1.54) is 6.20 Å². The molecule has 35 heavy (non-hydrogen) atoms. The summed E-state index contributed by atoms with van der Waals surface area (Å²) in [7, 11) is 1.90. The average molecular weight is 474 g/mol. The van der Waals surface area contributed by atoms with E-state index in [-0.39, 0.29) is 18.4 Å². The predicted molar refractivity (Wildman–Crippen MR) is 140 cm³/mol. The first-order valence-corrected chi connectivity index (χ1v) is 11.3. The van der Waals surface area contributed by atoms with Crippen LogP contribution in [-0.4, -0.2) is 44.7 Å². The Balaban J connectivity index is 1.84. The standard InChI is InChI=1S/C26H31N7O2/c1-7-23-19(9-16(3)22-14-30-33(6)18(22)5)10-20(12-29-23)26(35)32-24-11-21(13-28-17(24)4)31-25(34)15-27-8-2/h7,9-14,27H,1,8,15H2,2-6H3,(H,31,34)(H,32,35)/b16-9+. The Morgan fingerprint density at radius 3 is 2.54 bits per heavy atom. The molecule has 3 aromatic rings. The lowest BCUT2D eigenvalue weighted by Crippen LogP contribution is -2.27. The Morgan fingerprint density at radius 2 is 1.89 bits per heavy atom. The molecule has 3 rings (SSSR count). The van der Waals surface area contributed by atoms with Gasteiger partial charge in [-0.15, -0.1) is 0 Å². The second-order valence-corrected chi connectivity index (χ2v) is 8.14. The number of hydrogen-bond donors (Lipinski definition) is 3. The van der Waals surface area contributed by atoms with Crippen LogP contribution in [0.1, 0.15) is 52.4 Å². The van der Waals surface area contributed by atoms with Crippen LogP contribution in [0.25, 0.3) is 17.7 Å². The van der Waals surface area contributed by atoms with Crippen LogP contribution in [-0.2, 0) is 11.8 Å². The molecular weight excluding hydrogens is 442 g/mol. The summed E-state index contributed by atoms with van der Waals surface area (Å²) in [6.07, 6.45) is 8.52. The number of likely N-dealkylation sites (N-methyl/N-ethyl adjacent to an activating group) is 1. The predicted octanol–water partition coefficient (Wildman–Crippen LogP) is 3.83. The first kappa shape index (κ1) is 25.5. The van der Waals surface area contributed by atoms with E-state index in [4.69, 9.17) is 0 Å². The Bertz CT molecular complexity index is 1290. The maximum atomic E-state index is 13.1. The molecule has 0 atom stereocenters. The SMILES string of the molecule is C=Cc1ncc(C(=O)Nc2cc(NC(=O)CNCC)cnc2C)cc1/C=C(\C)c1cnn(C)c1C. The molecular formula is C26H31N7O2. The highest BCUT2D eigenvalue weighted by Gasteiger charge is 2.13. The Hall–Kier alpha value is -4.11. The van der Waals surface area contributed by atoms with Gasteiger partial charge in [0.15, 0.2) is 0 Å². The molecule has 0 aliphatic rings. The number of carbonyl (C=O) groups excluding carboxylic acids is 2. The number of pyridine rings is 2. The van der Waals surface area contributed by atoms with Gasteiger partial charge in [0.05, 0.1) is 47.3 Å². The minimum absolute atomic E-state index is 0.186. The first-order valence-electron chi connectivity index (χ1n) is 11.3. The van der Waals surface area contributed by atoms with E-state index in [9.17, 15) is 9.59 Å². The van der Waals surface area contributed by atoms with Crippen molar-refractivity contribution in [3.05, 3.63) is 71.1 Å². The summed E-state index contributed by atoms with van der Waals surface area (Å²) in [4.78, 5) is 33.8. The maximum absolute atomic E-state index is 13.1. The van der Waals surface area contributed by atoms with Crippen LogP contribution >= 0.6 is 0 Å². The summed E-state index contributed by atoms with van der Waals surface area (Å²) in [5.74, 6) is -0.520. The van der Waals surface area contributed by atoms with Gasteiger partial charge in [-0.3, -0.25) is 24.2 Å². The summed E-state index contributed by atoms with van der Waals surface area (Å²) in [5.41, 5.74) is 6.52. The van der Waals surface area contributed by atoms with E-state index in [0.29, 0.717) is 34.9 Å². The second-order valence-electron chi connectivity index (χ2n) is 8.14. The molecule has 2 amide bonds. The van der Waals surface area contributed by atoms with Crippen LogP contribution < -0.4 is 16.0 Å². The van der Waals surface area contributed by atoms with Crippen molar-refractivity contribution in [2.75, 3.05) is 23.7 Å². The molecule has 0 radical (unpaired) electrons. The molecule has 0 aliphatic carbocycles. The van der Waals surface area contributed by atoms with Crippen molar-refractivity contribution in [3.63, 3.8) is 0 Å². The van der Waals surface area contributed by atoms with Crippen LogP contribution in [0.4, 0.5) is 11.4 Å². The number of nitrogens with one attached hydrogen (secondary N) is 3. The fraction of sp³-hybridized carbons (Fsp3) is 0.269. The van der Waals surface area contributed by atoms with Gasteiger partial charge < -0.3 is 16.0 Å². The number of anilines is 2. The summed E-state index contributed by atoms with van der Waals surface area (Å²) < 4.78 is 1.82. The smallest absolute Gasteiger partial charge is 0.257 e. The number of carbonyl (C=O) groups is 2. The highest BCUT2D eigenvalue weighted by molar-refractivity contribution is 6.05. The van der Waals surface area contributed by atoms with Crippen molar-refractivity contribution in [1.82, 2.24) is 25.1 Å². The molecule has 182 valence electrons. The third-order valence-electron chi connectivity index (χ3n) is 5.59. The molecule has 0 spiro atoms. The molecule has 0 fully saturated rings. The fourth-order valence-corrected chi connectivity index (χ4v) is 3.47. The third kappa shape index (κ3) is 6.27. The monoisotopic (exact) mass is 473 g/mol. The minimum Gasteiger partial charge on any atom is -0.324 e. The van der Waals surface area contributed by atoms with Gasteiger partial charge in [0.25, 0.3) is 5.91 Å². The van der Waals surface area contributed by atoms with Gasteiger partial charge in [0, 0.05) is 30.1 Å². The Labute approximate surface area is 205 Å². The van der Waals surface area contributed by atoms with E-state index in [2.05, 4.69) is 37.6 Å². The van der Waals surface area contributed by atoms with Crippen molar-refractivity contribution in [1.29, 1.82) is 0 Å². The zero-order valence-corrected chi connectivity index (χ0v) is 20.8. The van der Waals surface area contributed by atoms with Crippen molar-refractivity contribution in [2.24, 2.45) is 7.05 Å². The molecule has 0 unspecified atom stereocenters. The number of aryl methyl sites for hydroxylation is 2. The van der Waals surface area contributed by atoms with Crippen LogP contribution in [0.5, 0.6) is 0 Å². The number of hydrogen-bond acceptors (Lipinski definition) is 6. The van der Waals surface area contributed by atoms with Gasteiger partial charge in [0.2, 0.25) is 5.91 Å². The van der Waals surface area contributed by atoms with Gasteiger partial charge in [-0.05, 0) is 57.2 Å². The maximum Gasteiger partial charge on any atom is 0.257 e. The second kappa shape index (κ2) is 11.3. The molecule has 9 nitrogen and oxygen atoms in total. The van der Waals surface area contributed by atoms with E-state index < -0.39 is 0 Å². The third-order valence-corrected chi connectivity index (χ3v) is 5.59. The lowest BCUT2D eigenvalue weighted by Gasteiger charge is -2.12. The normalized spacial score (nSPS) is 11.3. The molecule has 0 bridgehead atoms. The number of rotatable bonds is 9. The van der Waals surface area contributed by atoms with Gasteiger partial charge in [0.1, 0.15) is 0 Å². The Kier molecular flexibility index (Phi) is 8.27. The van der Waals surface area contributed by atoms with Crippen molar-refractivity contribution >= 4 is 40.9 Å². The van der Waals surface area contributed by atoms with Gasteiger partial charge in [-0.25, -0.2) is 0 Å². The number of nitrogens with zero attached hydrogens (tertiary/aromatic N) is 4. The molecule has 0 aromatic carbocycles. The summed E-state index contributed by atoms with van der Waals surface area (Å²) >= 11 is 0. The lowest BCUT2D eigenvalue weighted by atomic mass is 10.0. The van der Waals surface area contributed by atoms with Crippen LogP contribution in [0, 0.1) is 13.8 Å². The highest BCUT2D eigenvalue weighted by Crippen LogP contribution is 2.24. The highest BCUT2D eigenvalue weighted by atomic mass is 16.2. The molecule has 9 heteroatoms. The summed E-state index contributed by atoms with van der Waals surface area (Å²) in [5, 5.41) is 12.9. The van der Waals surface area contributed by atoms with E-state index in [1.54, 1.807) is 31.3 Å². The van der Waals surface area contributed by atoms with Crippen LogP contribution in [0.15, 0.2) is 37.3 Å². The molecule has 0 saturated carbocycles. The molecule has 3 aromatic heterocycles. The molecule has 3 N–H and O–H groups in total. The summed E-state index contributed by atoms with van der Waals surface area (Å²) in [6, 6.07) is 3.46. The van der Waals surface area contributed by atoms with E-state index in [1.807, 2.05) is 44.8 Å². The first-order chi connectivity index (χ1) is 16.7. The average Bonchev–Trinajstić information content (AvgIpc) is 3.17. The topological polar surface area (TPSA) is 114 Å². The zero-order valence-electron chi connectivity index (χ0n) is 20.8. The number of amides is 2. The summed E-state index contributed by atoms with van der Waals surface area (Å²) in [6.45, 7) is 12.4. The lowest BCUT2D eigenvalue weighted by molar-refractivity contribution is -0.115.